The fourth-order valence-corrected chi connectivity index (χ4v) is 1.95. The van der Waals surface area contributed by atoms with Crippen LogP contribution in [0.5, 0.6) is 5.75 Å². The van der Waals surface area contributed by atoms with E-state index in [-0.39, 0.29) is 18.5 Å². The van der Waals surface area contributed by atoms with E-state index in [9.17, 15) is 4.39 Å². The molecule has 108 valence electrons. The molecule has 6 heteroatoms. The number of hydrogen-bond donors (Lipinski definition) is 1. The smallest absolute Gasteiger partial charge is 0.164 e. The topological polar surface area (TPSA) is 66.0 Å². The zero-order valence-electron chi connectivity index (χ0n) is 11.7. The van der Waals surface area contributed by atoms with Gasteiger partial charge in [-0.15, -0.1) is 0 Å². The van der Waals surface area contributed by atoms with Gasteiger partial charge in [0.15, 0.2) is 5.82 Å². The van der Waals surface area contributed by atoms with Crippen LogP contribution < -0.4 is 10.5 Å². The molecule has 0 radical (unpaired) electrons. The van der Waals surface area contributed by atoms with E-state index < -0.39 is 0 Å². The number of aromatic nitrogens is 3. The van der Waals surface area contributed by atoms with Gasteiger partial charge in [-0.3, -0.25) is 0 Å². The molecule has 1 atom stereocenters. The van der Waals surface area contributed by atoms with E-state index in [0.717, 1.165) is 18.8 Å². The Morgan fingerprint density at radius 2 is 2.25 bits per heavy atom. The first kappa shape index (κ1) is 14.5. The van der Waals surface area contributed by atoms with Crippen LogP contribution >= 0.6 is 0 Å². The molecule has 2 N–H and O–H groups in total. The van der Waals surface area contributed by atoms with Crippen molar-refractivity contribution in [3.63, 3.8) is 0 Å². The van der Waals surface area contributed by atoms with Gasteiger partial charge in [-0.1, -0.05) is 6.92 Å². The molecule has 0 bridgehead atoms. The molecule has 1 aromatic carbocycles. The second kappa shape index (κ2) is 6.47. The van der Waals surface area contributed by atoms with E-state index in [4.69, 9.17) is 10.5 Å². The van der Waals surface area contributed by atoms with E-state index in [1.807, 2.05) is 0 Å². The van der Waals surface area contributed by atoms with Crippen LogP contribution in [-0.2, 0) is 13.2 Å². The average molecular weight is 278 g/mol. The maximum Gasteiger partial charge on any atom is 0.164 e. The Morgan fingerprint density at radius 3 is 2.95 bits per heavy atom. The molecule has 0 aliphatic carbocycles. The maximum absolute atomic E-state index is 13.2. The van der Waals surface area contributed by atoms with Crippen LogP contribution in [0.25, 0.3) is 0 Å². The van der Waals surface area contributed by atoms with Gasteiger partial charge in [0.1, 0.15) is 24.5 Å². The van der Waals surface area contributed by atoms with Crippen molar-refractivity contribution in [2.24, 2.45) is 5.73 Å². The second-order valence-corrected chi connectivity index (χ2v) is 4.66. The zero-order valence-corrected chi connectivity index (χ0v) is 11.7. The van der Waals surface area contributed by atoms with E-state index in [0.29, 0.717) is 11.3 Å². The van der Waals surface area contributed by atoms with Crippen LogP contribution in [0.2, 0.25) is 0 Å². The van der Waals surface area contributed by atoms with Crippen LogP contribution in [0.15, 0.2) is 24.5 Å². The summed E-state index contributed by atoms with van der Waals surface area (Å²) in [5.41, 5.74) is 6.48. The number of halogens is 1. The minimum Gasteiger partial charge on any atom is -0.485 e. The van der Waals surface area contributed by atoms with Gasteiger partial charge < -0.3 is 10.5 Å². The first-order valence-electron chi connectivity index (χ1n) is 6.66. The third-order valence-electron chi connectivity index (χ3n) is 2.95. The minimum absolute atomic E-state index is 0.283. The Bertz CT molecular complexity index is 568. The lowest BCUT2D eigenvalue weighted by molar-refractivity contribution is 0.281. The standard InChI is InChI=1S/C14H19FN4O/c1-3-6-19-14(17-9-18-19)8-20-13-5-4-11(15)7-12(13)10(2)16/h4-5,7,9-10H,3,6,8,16H2,1-2H3. The van der Waals surface area contributed by atoms with Crippen molar-refractivity contribution < 1.29 is 9.13 Å². The van der Waals surface area contributed by atoms with Gasteiger partial charge in [0, 0.05) is 18.2 Å². The lowest BCUT2D eigenvalue weighted by Crippen LogP contribution is -2.11. The number of benzene rings is 1. The summed E-state index contributed by atoms with van der Waals surface area (Å²) in [5.74, 6) is 0.998. The fraction of sp³-hybridized carbons (Fsp3) is 0.429. The van der Waals surface area contributed by atoms with Crippen LogP contribution in [0, 0.1) is 5.82 Å². The summed E-state index contributed by atoms with van der Waals surface area (Å²) in [4.78, 5) is 4.16. The highest BCUT2D eigenvalue weighted by atomic mass is 19.1. The van der Waals surface area contributed by atoms with Gasteiger partial charge in [0.25, 0.3) is 0 Å². The van der Waals surface area contributed by atoms with Crippen molar-refractivity contribution in [1.82, 2.24) is 14.8 Å². The number of hydrogen-bond acceptors (Lipinski definition) is 4. The van der Waals surface area contributed by atoms with Crippen LogP contribution in [-0.4, -0.2) is 14.8 Å². The summed E-state index contributed by atoms with van der Waals surface area (Å²) >= 11 is 0. The third kappa shape index (κ3) is 3.33. The SMILES string of the molecule is CCCn1ncnc1COc1ccc(F)cc1C(C)N. The van der Waals surface area contributed by atoms with Gasteiger partial charge in [-0.05, 0) is 31.5 Å². The molecule has 2 aromatic rings. The molecule has 0 saturated carbocycles. The Labute approximate surface area is 117 Å². The monoisotopic (exact) mass is 278 g/mol. The predicted octanol–water partition coefficient (Wildman–Crippen LogP) is 2.43. The summed E-state index contributed by atoms with van der Waals surface area (Å²) in [6.07, 6.45) is 2.48. The van der Waals surface area contributed by atoms with Crippen molar-refractivity contribution in [3.8, 4) is 5.75 Å². The first-order valence-corrected chi connectivity index (χ1v) is 6.66. The highest BCUT2D eigenvalue weighted by Gasteiger charge is 2.11. The van der Waals surface area contributed by atoms with Crippen LogP contribution in [0.4, 0.5) is 4.39 Å². The van der Waals surface area contributed by atoms with Gasteiger partial charge in [0.2, 0.25) is 0 Å². The normalized spacial score (nSPS) is 12.4. The van der Waals surface area contributed by atoms with Crippen molar-refractivity contribution in [1.29, 1.82) is 0 Å². The molecule has 20 heavy (non-hydrogen) atoms. The Balaban J connectivity index is 2.12. The number of nitrogens with zero attached hydrogens (tertiary/aromatic N) is 3. The second-order valence-electron chi connectivity index (χ2n) is 4.66. The molecule has 2 rings (SSSR count). The van der Waals surface area contributed by atoms with E-state index >= 15 is 0 Å². The summed E-state index contributed by atoms with van der Waals surface area (Å²) in [5, 5.41) is 4.13. The molecule has 0 fully saturated rings. The molecule has 0 spiro atoms. The van der Waals surface area contributed by atoms with Gasteiger partial charge >= 0.3 is 0 Å². The lowest BCUT2D eigenvalue weighted by Gasteiger charge is -2.14. The minimum atomic E-state index is -0.321. The fourth-order valence-electron chi connectivity index (χ4n) is 1.95. The summed E-state index contributed by atoms with van der Waals surface area (Å²) in [7, 11) is 0. The van der Waals surface area contributed by atoms with Crippen molar-refractivity contribution in [2.45, 2.75) is 39.5 Å². The number of aryl methyl sites for hydroxylation is 1. The van der Waals surface area contributed by atoms with Crippen LogP contribution in [0.3, 0.4) is 0 Å². The molecule has 0 amide bonds. The Kier molecular flexibility index (Phi) is 4.68. The third-order valence-corrected chi connectivity index (χ3v) is 2.95. The number of ether oxygens (including phenoxy) is 1. The Hall–Kier alpha value is -1.95. The quantitative estimate of drug-likeness (QED) is 0.881. The van der Waals surface area contributed by atoms with Gasteiger partial charge in [-0.25, -0.2) is 14.1 Å². The van der Waals surface area contributed by atoms with Crippen molar-refractivity contribution >= 4 is 0 Å². The maximum atomic E-state index is 13.2. The van der Waals surface area contributed by atoms with Gasteiger partial charge in [-0.2, -0.15) is 5.10 Å². The lowest BCUT2D eigenvalue weighted by atomic mass is 10.1. The Morgan fingerprint density at radius 1 is 1.45 bits per heavy atom. The van der Waals surface area contributed by atoms with Gasteiger partial charge in [0.05, 0.1) is 0 Å². The molecule has 0 saturated heterocycles. The highest BCUT2D eigenvalue weighted by Crippen LogP contribution is 2.25. The average Bonchev–Trinajstić information content (AvgIpc) is 2.85. The van der Waals surface area contributed by atoms with E-state index in [1.54, 1.807) is 17.7 Å². The molecule has 0 aliphatic rings. The largest absolute Gasteiger partial charge is 0.485 e. The molecule has 1 heterocycles. The van der Waals surface area contributed by atoms with E-state index in [1.165, 1.54) is 18.5 Å². The molecule has 5 nitrogen and oxygen atoms in total. The summed E-state index contributed by atoms with van der Waals surface area (Å²) < 4.78 is 20.8. The molecule has 1 aromatic heterocycles. The summed E-state index contributed by atoms with van der Waals surface area (Å²) in [6, 6.07) is 4.05. The summed E-state index contributed by atoms with van der Waals surface area (Å²) in [6.45, 7) is 4.94. The number of rotatable bonds is 6. The first-order chi connectivity index (χ1) is 9.61. The van der Waals surface area contributed by atoms with E-state index in [2.05, 4.69) is 17.0 Å². The van der Waals surface area contributed by atoms with Crippen LogP contribution in [0.1, 0.15) is 37.7 Å². The molecule has 1 unspecified atom stereocenters. The highest BCUT2D eigenvalue weighted by molar-refractivity contribution is 5.36. The number of nitrogens with two attached hydrogens (primary N) is 1. The molecule has 0 aliphatic heterocycles. The molecular formula is C14H19FN4O. The van der Waals surface area contributed by atoms with Crippen molar-refractivity contribution in [3.05, 3.63) is 41.7 Å². The van der Waals surface area contributed by atoms with Crippen molar-refractivity contribution in [2.75, 3.05) is 0 Å². The molecular weight excluding hydrogens is 259 g/mol. The zero-order chi connectivity index (χ0) is 14.5. The predicted molar refractivity (Wildman–Crippen MR) is 73.6 cm³/mol.